The van der Waals surface area contributed by atoms with Gasteiger partial charge in [-0.25, -0.2) is 17.9 Å². The van der Waals surface area contributed by atoms with Gasteiger partial charge in [-0.1, -0.05) is 12.1 Å². The number of phenols is 1. The van der Waals surface area contributed by atoms with Crippen molar-refractivity contribution in [1.29, 1.82) is 0 Å². The number of sulfonamides is 1. The van der Waals surface area contributed by atoms with Crippen molar-refractivity contribution < 1.29 is 23.1 Å². The van der Waals surface area contributed by atoms with Gasteiger partial charge in [-0.05, 0) is 73.6 Å². The molecule has 0 atom stereocenters. The minimum atomic E-state index is -3.58. The lowest BCUT2D eigenvalue weighted by atomic mass is 9.92. The Labute approximate surface area is 159 Å². The zero-order valence-corrected chi connectivity index (χ0v) is 15.8. The van der Waals surface area contributed by atoms with Crippen LogP contribution in [0.3, 0.4) is 0 Å². The topological polar surface area (TPSA) is 92.7 Å². The number of esters is 1. The number of phenolic OH excluding ortho intramolecular Hbond substituents is 1. The lowest BCUT2D eigenvalue weighted by Crippen LogP contribution is -2.27. The van der Waals surface area contributed by atoms with E-state index in [9.17, 15) is 18.3 Å². The van der Waals surface area contributed by atoms with E-state index in [0.29, 0.717) is 16.9 Å². The lowest BCUT2D eigenvalue weighted by Gasteiger charge is -2.19. The van der Waals surface area contributed by atoms with Crippen LogP contribution in [0.4, 0.5) is 0 Å². The van der Waals surface area contributed by atoms with Crippen molar-refractivity contribution in [2.24, 2.45) is 0 Å². The smallest absolute Gasteiger partial charge is 0.338 e. The highest BCUT2D eigenvalue weighted by Crippen LogP contribution is 2.27. The van der Waals surface area contributed by atoms with Crippen molar-refractivity contribution in [2.75, 3.05) is 13.2 Å². The van der Waals surface area contributed by atoms with Crippen LogP contribution in [-0.2, 0) is 27.6 Å². The minimum absolute atomic E-state index is 0.0732. The predicted octanol–water partition coefficient (Wildman–Crippen LogP) is 2.80. The number of hydrogen-bond acceptors (Lipinski definition) is 5. The summed E-state index contributed by atoms with van der Waals surface area (Å²) in [5, 5.41) is 9.21. The predicted molar refractivity (Wildman–Crippen MR) is 101 cm³/mol. The summed E-state index contributed by atoms with van der Waals surface area (Å²) < 4.78 is 32.9. The standard InChI is InChI=1S/C20H23NO5S/c22-17-11-9-16(10-12-17)20(23)26-14-4-13-21-27(24,25)19-8-3-6-15-5-1-2-7-18(15)19/h3,6,8-12,21-22H,1-2,4-5,7,13-14H2. The molecular formula is C20H23NO5S. The highest BCUT2D eigenvalue weighted by molar-refractivity contribution is 7.89. The van der Waals surface area contributed by atoms with E-state index in [0.717, 1.165) is 36.8 Å². The second-order valence-electron chi connectivity index (χ2n) is 6.54. The summed E-state index contributed by atoms with van der Waals surface area (Å²) in [5.74, 6) is -0.431. The fourth-order valence-electron chi connectivity index (χ4n) is 3.20. The van der Waals surface area contributed by atoms with E-state index in [4.69, 9.17) is 4.74 Å². The van der Waals surface area contributed by atoms with Crippen LogP contribution in [0.15, 0.2) is 47.4 Å². The number of carbonyl (C=O) groups excluding carboxylic acids is 1. The van der Waals surface area contributed by atoms with Crippen molar-refractivity contribution in [3.63, 3.8) is 0 Å². The molecule has 0 fully saturated rings. The van der Waals surface area contributed by atoms with E-state index >= 15 is 0 Å². The molecule has 144 valence electrons. The third kappa shape index (κ3) is 4.87. The molecule has 6 nitrogen and oxygen atoms in total. The number of aromatic hydroxyl groups is 1. The molecule has 0 aliphatic heterocycles. The SMILES string of the molecule is O=C(OCCCNS(=O)(=O)c1cccc2c1CCCC2)c1ccc(O)cc1. The van der Waals surface area contributed by atoms with Gasteiger partial charge in [0.25, 0.3) is 0 Å². The Morgan fingerprint density at radius 2 is 1.81 bits per heavy atom. The summed E-state index contributed by atoms with van der Waals surface area (Å²) >= 11 is 0. The molecule has 0 amide bonds. The monoisotopic (exact) mass is 389 g/mol. The molecule has 0 aromatic heterocycles. The lowest BCUT2D eigenvalue weighted by molar-refractivity contribution is 0.0502. The number of rotatable bonds is 7. The third-order valence-corrected chi connectivity index (χ3v) is 6.14. The second-order valence-corrected chi connectivity index (χ2v) is 8.27. The summed E-state index contributed by atoms with van der Waals surface area (Å²) in [6.07, 6.45) is 4.18. The number of fused-ring (bicyclic) bond motifs is 1. The number of benzene rings is 2. The van der Waals surface area contributed by atoms with Gasteiger partial charge in [0.05, 0.1) is 17.1 Å². The molecule has 0 radical (unpaired) electrons. The molecule has 0 bridgehead atoms. The first-order chi connectivity index (χ1) is 13.0. The average Bonchev–Trinajstić information content (AvgIpc) is 2.67. The normalized spacial score (nSPS) is 13.8. The minimum Gasteiger partial charge on any atom is -0.508 e. The Kier molecular flexibility index (Phi) is 6.13. The van der Waals surface area contributed by atoms with E-state index in [1.54, 1.807) is 12.1 Å². The van der Waals surface area contributed by atoms with Crippen LogP contribution in [-0.4, -0.2) is 32.6 Å². The zero-order chi connectivity index (χ0) is 19.3. The Morgan fingerprint density at radius 3 is 2.59 bits per heavy atom. The average molecular weight is 389 g/mol. The maximum Gasteiger partial charge on any atom is 0.338 e. The van der Waals surface area contributed by atoms with Crippen LogP contribution in [0, 0.1) is 0 Å². The van der Waals surface area contributed by atoms with E-state index in [2.05, 4.69) is 4.72 Å². The summed E-state index contributed by atoms with van der Waals surface area (Å²) in [6.45, 7) is 0.296. The molecule has 27 heavy (non-hydrogen) atoms. The largest absolute Gasteiger partial charge is 0.508 e. The molecular weight excluding hydrogens is 366 g/mol. The number of ether oxygens (including phenoxy) is 1. The van der Waals surface area contributed by atoms with Gasteiger partial charge in [0, 0.05) is 6.54 Å². The van der Waals surface area contributed by atoms with E-state index in [1.807, 2.05) is 6.07 Å². The van der Waals surface area contributed by atoms with Crippen molar-refractivity contribution in [3.05, 3.63) is 59.2 Å². The Morgan fingerprint density at radius 1 is 1.07 bits per heavy atom. The Bertz CT molecular complexity index is 906. The van der Waals surface area contributed by atoms with E-state index < -0.39 is 16.0 Å². The zero-order valence-electron chi connectivity index (χ0n) is 15.0. The molecule has 0 unspecified atom stereocenters. The summed E-state index contributed by atoms with van der Waals surface area (Å²) in [7, 11) is -3.58. The molecule has 0 heterocycles. The van der Waals surface area contributed by atoms with Gasteiger partial charge in [-0.2, -0.15) is 0 Å². The third-order valence-electron chi connectivity index (χ3n) is 4.59. The summed E-state index contributed by atoms with van der Waals surface area (Å²) in [6, 6.07) is 11.2. The van der Waals surface area contributed by atoms with Crippen LogP contribution in [0.2, 0.25) is 0 Å². The molecule has 2 aromatic rings. The van der Waals surface area contributed by atoms with Gasteiger partial charge >= 0.3 is 5.97 Å². The maximum atomic E-state index is 12.6. The summed E-state index contributed by atoms with van der Waals surface area (Å²) in [4.78, 5) is 12.2. The molecule has 0 saturated heterocycles. The molecule has 2 aromatic carbocycles. The molecule has 1 aliphatic rings. The van der Waals surface area contributed by atoms with E-state index in [1.165, 1.54) is 24.3 Å². The van der Waals surface area contributed by atoms with Gasteiger partial charge in [-0.3, -0.25) is 0 Å². The van der Waals surface area contributed by atoms with Gasteiger partial charge in [0.15, 0.2) is 0 Å². The molecule has 2 N–H and O–H groups in total. The molecule has 1 aliphatic carbocycles. The van der Waals surface area contributed by atoms with Gasteiger partial charge in [0.1, 0.15) is 5.75 Å². The number of nitrogens with one attached hydrogen (secondary N) is 1. The number of hydrogen-bond donors (Lipinski definition) is 2. The number of carbonyl (C=O) groups is 1. The number of aryl methyl sites for hydroxylation is 1. The Hall–Kier alpha value is -2.38. The van der Waals surface area contributed by atoms with Crippen molar-refractivity contribution in [3.8, 4) is 5.75 Å². The highest BCUT2D eigenvalue weighted by atomic mass is 32.2. The highest BCUT2D eigenvalue weighted by Gasteiger charge is 2.21. The van der Waals surface area contributed by atoms with Gasteiger partial charge < -0.3 is 9.84 Å². The second kappa shape index (κ2) is 8.54. The van der Waals surface area contributed by atoms with Crippen LogP contribution in [0.5, 0.6) is 5.75 Å². The quantitative estimate of drug-likeness (QED) is 0.561. The van der Waals surface area contributed by atoms with Crippen molar-refractivity contribution >= 4 is 16.0 Å². The van der Waals surface area contributed by atoms with Crippen LogP contribution in [0.25, 0.3) is 0 Å². The fourth-order valence-corrected chi connectivity index (χ4v) is 4.58. The van der Waals surface area contributed by atoms with Crippen molar-refractivity contribution in [2.45, 2.75) is 37.0 Å². The summed E-state index contributed by atoms with van der Waals surface area (Å²) in [5.41, 5.74) is 2.38. The first-order valence-corrected chi connectivity index (χ1v) is 10.5. The maximum absolute atomic E-state index is 12.6. The van der Waals surface area contributed by atoms with Crippen LogP contribution < -0.4 is 4.72 Å². The Balaban J connectivity index is 1.50. The van der Waals surface area contributed by atoms with E-state index in [-0.39, 0.29) is 18.9 Å². The molecule has 3 rings (SSSR count). The van der Waals surface area contributed by atoms with Gasteiger partial charge in [-0.15, -0.1) is 0 Å². The first-order valence-electron chi connectivity index (χ1n) is 9.04. The van der Waals surface area contributed by atoms with Crippen molar-refractivity contribution in [1.82, 2.24) is 4.72 Å². The first kappa shape index (κ1) is 19.4. The van der Waals surface area contributed by atoms with Crippen LogP contribution in [0.1, 0.15) is 40.7 Å². The molecule has 7 heteroatoms. The van der Waals surface area contributed by atoms with Gasteiger partial charge in [0.2, 0.25) is 10.0 Å². The molecule has 0 saturated carbocycles. The fraction of sp³-hybridized carbons (Fsp3) is 0.350. The van der Waals surface area contributed by atoms with Crippen LogP contribution >= 0.6 is 0 Å². The molecule has 0 spiro atoms.